The van der Waals surface area contributed by atoms with E-state index in [1.54, 1.807) is 4.90 Å². The number of carboxylic acid groups (broad SMARTS) is 1. The average molecular weight is 262 g/mol. The number of carboxylic acids is 1. The zero-order valence-corrected chi connectivity index (χ0v) is 11.0. The fraction of sp³-hybridized carbons (Fsp3) is 0.500. The fourth-order valence-electron chi connectivity index (χ4n) is 2.67. The van der Waals surface area contributed by atoms with E-state index in [4.69, 9.17) is 5.11 Å². The van der Waals surface area contributed by atoms with E-state index in [9.17, 15) is 9.59 Å². The molecule has 5 heteroatoms. The normalized spacial score (nSPS) is 15.4. The molecule has 1 aromatic rings. The molecule has 0 aliphatic heterocycles. The van der Waals surface area contributed by atoms with Gasteiger partial charge in [-0.05, 0) is 31.9 Å². The van der Waals surface area contributed by atoms with Crippen LogP contribution in [0.15, 0.2) is 18.3 Å². The van der Waals surface area contributed by atoms with Crippen molar-refractivity contribution in [2.45, 2.75) is 38.6 Å². The predicted octanol–water partition coefficient (Wildman–Crippen LogP) is 2.18. The number of hydrogen-bond donors (Lipinski definition) is 1. The van der Waals surface area contributed by atoms with E-state index in [0.29, 0.717) is 6.54 Å². The molecule has 0 unspecified atom stereocenters. The molecule has 0 bridgehead atoms. The van der Waals surface area contributed by atoms with Crippen molar-refractivity contribution in [3.8, 4) is 0 Å². The van der Waals surface area contributed by atoms with E-state index < -0.39 is 5.97 Å². The van der Waals surface area contributed by atoms with E-state index in [0.717, 1.165) is 25.7 Å². The van der Waals surface area contributed by atoms with Gasteiger partial charge in [0, 0.05) is 18.8 Å². The standard InChI is InChI=1S/C14H18N2O3/c1-2-16(10-6-3-4-7-10)13(17)12-11(14(18)19)8-5-9-15-12/h5,8-10H,2-4,6-7H2,1H3,(H,18,19). The molecule has 5 nitrogen and oxygen atoms in total. The molecule has 0 saturated heterocycles. The summed E-state index contributed by atoms with van der Waals surface area (Å²) in [4.78, 5) is 29.4. The highest BCUT2D eigenvalue weighted by Gasteiger charge is 2.29. The first kappa shape index (κ1) is 13.5. The Kier molecular flexibility index (Phi) is 4.14. The second-order valence-corrected chi connectivity index (χ2v) is 4.73. The van der Waals surface area contributed by atoms with Gasteiger partial charge in [-0.15, -0.1) is 0 Å². The van der Waals surface area contributed by atoms with Crippen LogP contribution in [0.1, 0.15) is 53.5 Å². The second kappa shape index (κ2) is 5.82. The van der Waals surface area contributed by atoms with E-state index in [1.807, 2.05) is 6.92 Å². The monoisotopic (exact) mass is 262 g/mol. The summed E-state index contributed by atoms with van der Waals surface area (Å²) >= 11 is 0. The summed E-state index contributed by atoms with van der Waals surface area (Å²) in [6.07, 6.45) is 5.71. The van der Waals surface area contributed by atoms with Crippen LogP contribution < -0.4 is 0 Å². The maximum atomic E-state index is 12.5. The van der Waals surface area contributed by atoms with Gasteiger partial charge in [0.05, 0.1) is 5.56 Å². The first-order valence-electron chi connectivity index (χ1n) is 6.64. The molecular formula is C14H18N2O3. The van der Waals surface area contributed by atoms with Crippen molar-refractivity contribution >= 4 is 11.9 Å². The van der Waals surface area contributed by atoms with Gasteiger partial charge in [-0.1, -0.05) is 12.8 Å². The van der Waals surface area contributed by atoms with Gasteiger partial charge in [0.2, 0.25) is 0 Å². The molecule has 2 rings (SSSR count). The number of carbonyl (C=O) groups is 2. The van der Waals surface area contributed by atoms with E-state index in [1.165, 1.54) is 18.3 Å². The molecule has 102 valence electrons. The van der Waals surface area contributed by atoms with Gasteiger partial charge in [-0.25, -0.2) is 4.79 Å². The lowest BCUT2D eigenvalue weighted by Crippen LogP contribution is -2.39. The number of aromatic nitrogens is 1. The molecule has 19 heavy (non-hydrogen) atoms. The average Bonchev–Trinajstić information content (AvgIpc) is 2.93. The van der Waals surface area contributed by atoms with Crippen LogP contribution in [0.3, 0.4) is 0 Å². The number of amides is 1. The lowest BCUT2D eigenvalue weighted by Gasteiger charge is -2.27. The Labute approximate surface area is 112 Å². The SMILES string of the molecule is CCN(C(=O)c1ncccc1C(=O)O)C1CCCC1. The number of rotatable bonds is 4. The molecule has 1 aliphatic rings. The summed E-state index contributed by atoms with van der Waals surface area (Å²) in [7, 11) is 0. The minimum Gasteiger partial charge on any atom is -0.478 e. The van der Waals surface area contributed by atoms with Gasteiger partial charge < -0.3 is 10.0 Å². The third-order valence-corrected chi connectivity index (χ3v) is 3.61. The van der Waals surface area contributed by atoms with Gasteiger partial charge >= 0.3 is 5.97 Å². The van der Waals surface area contributed by atoms with Crippen LogP contribution in [-0.4, -0.2) is 39.5 Å². The molecule has 1 amide bonds. The van der Waals surface area contributed by atoms with E-state index in [2.05, 4.69) is 4.98 Å². The Morgan fingerprint density at radius 2 is 2.11 bits per heavy atom. The molecule has 1 aromatic heterocycles. The largest absolute Gasteiger partial charge is 0.478 e. The molecule has 1 aliphatic carbocycles. The fourth-order valence-corrected chi connectivity index (χ4v) is 2.67. The van der Waals surface area contributed by atoms with Crippen LogP contribution in [0.25, 0.3) is 0 Å². The minimum absolute atomic E-state index is 0.0241. The molecule has 1 saturated carbocycles. The lowest BCUT2D eigenvalue weighted by molar-refractivity contribution is 0.0647. The maximum Gasteiger partial charge on any atom is 0.338 e. The molecule has 1 N–H and O–H groups in total. The van der Waals surface area contributed by atoms with Gasteiger partial charge in [-0.2, -0.15) is 0 Å². The zero-order chi connectivity index (χ0) is 13.8. The van der Waals surface area contributed by atoms with Crippen LogP contribution >= 0.6 is 0 Å². The van der Waals surface area contributed by atoms with Crippen molar-refractivity contribution in [1.29, 1.82) is 0 Å². The Balaban J connectivity index is 2.29. The number of nitrogens with zero attached hydrogens (tertiary/aromatic N) is 2. The third kappa shape index (κ3) is 2.75. The predicted molar refractivity (Wildman–Crippen MR) is 70.2 cm³/mol. The van der Waals surface area contributed by atoms with E-state index in [-0.39, 0.29) is 23.2 Å². The van der Waals surface area contributed by atoms with Crippen LogP contribution in [-0.2, 0) is 0 Å². The highest BCUT2D eigenvalue weighted by Crippen LogP contribution is 2.25. The Hall–Kier alpha value is -1.91. The molecule has 0 radical (unpaired) electrons. The summed E-state index contributed by atoms with van der Waals surface area (Å²) in [6, 6.07) is 3.18. The topological polar surface area (TPSA) is 70.5 Å². The Morgan fingerprint density at radius 1 is 1.42 bits per heavy atom. The molecular weight excluding hydrogens is 244 g/mol. The van der Waals surface area contributed by atoms with Gasteiger partial charge in [0.1, 0.15) is 5.69 Å². The van der Waals surface area contributed by atoms with Crippen molar-refractivity contribution in [2.24, 2.45) is 0 Å². The van der Waals surface area contributed by atoms with E-state index >= 15 is 0 Å². The third-order valence-electron chi connectivity index (χ3n) is 3.61. The van der Waals surface area contributed by atoms with Crippen molar-refractivity contribution in [2.75, 3.05) is 6.54 Å². The highest BCUT2D eigenvalue weighted by atomic mass is 16.4. The number of carbonyl (C=O) groups excluding carboxylic acids is 1. The van der Waals surface area contributed by atoms with Crippen LogP contribution in [0.2, 0.25) is 0 Å². The van der Waals surface area contributed by atoms with Crippen molar-refractivity contribution in [1.82, 2.24) is 9.88 Å². The van der Waals surface area contributed by atoms with Crippen molar-refractivity contribution in [3.63, 3.8) is 0 Å². The minimum atomic E-state index is -1.11. The number of hydrogen-bond acceptors (Lipinski definition) is 3. The molecule has 0 atom stereocenters. The summed E-state index contributed by atoms with van der Waals surface area (Å²) in [5, 5.41) is 9.12. The Bertz CT molecular complexity index is 481. The smallest absolute Gasteiger partial charge is 0.338 e. The summed E-state index contributed by atoms with van der Waals surface area (Å²) < 4.78 is 0. The molecule has 0 spiro atoms. The first-order valence-corrected chi connectivity index (χ1v) is 6.64. The lowest BCUT2D eigenvalue weighted by atomic mass is 10.1. The molecule has 1 heterocycles. The second-order valence-electron chi connectivity index (χ2n) is 4.73. The van der Waals surface area contributed by atoms with Crippen molar-refractivity contribution < 1.29 is 14.7 Å². The first-order chi connectivity index (χ1) is 9.15. The summed E-state index contributed by atoms with van der Waals surface area (Å²) in [5.74, 6) is -1.38. The van der Waals surface area contributed by atoms with Gasteiger partial charge in [-0.3, -0.25) is 9.78 Å². The molecule has 1 fully saturated rings. The summed E-state index contributed by atoms with van der Waals surface area (Å²) in [5.41, 5.74) is 0.0210. The van der Waals surface area contributed by atoms with Gasteiger partial charge in [0.15, 0.2) is 0 Å². The van der Waals surface area contributed by atoms with Crippen LogP contribution in [0.5, 0.6) is 0 Å². The number of pyridine rings is 1. The molecule has 0 aromatic carbocycles. The maximum absolute atomic E-state index is 12.5. The zero-order valence-electron chi connectivity index (χ0n) is 11.0. The van der Waals surface area contributed by atoms with Gasteiger partial charge in [0.25, 0.3) is 5.91 Å². The van der Waals surface area contributed by atoms with Crippen LogP contribution in [0, 0.1) is 0 Å². The summed E-state index contributed by atoms with van der Waals surface area (Å²) in [6.45, 7) is 2.50. The van der Waals surface area contributed by atoms with Crippen LogP contribution in [0.4, 0.5) is 0 Å². The highest BCUT2D eigenvalue weighted by molar-refractivity contribution is 6.03. The quantitative estimate of drug-likeness (QED) is 0.902. The Morgan fingerprint density at radius 3 is 2.68 bits per heavy atom. The number of aromatic carboxylic acids is 1. The van der Waals surface area contributed by atoms with Crippen molar-refractivity contribution in [3.05, 3.63) is 29.6 Å².